The number of carbonyl (C=O) groups is 2. The first-order chi connectivity index (χ1) is 20.2. The molecule has 1 aliphatic heterocycles. The van der Waals surface area contributed by atoms with Gasteiger partial charge in [0.25, 0.3) is 11.5 Å². The van der Waals surface area contributed by atoms with E-state index in [0.717, 1.165) is 4.68 Å². The number of nitrogens with one attached hydrogen (secondary N) is 1. The van der Waals surface area contributed by atoms with Crippen molar-refractivity contribution < 1.29 is 19.4 Å². The Hall–Kier alpha value is -4.32. The number of carboxylic acids is 1. The molecule has 5 rings (SSSR count). The number of carbonyl (C=O) groups excluding carboxylic acids is 1. The van der Waals surface area contributed by atoms with E-state index in [9.17, 15) is 19.5 Å². The Bertz CT molecular complexity index is 1740. The van der Waals surface area contributed by atoms with Gasteiger partial charge in [-0.1, -0.05) is 53.5 Å². The van der Waals surface area contributed by atoms with Gasteiger partial charge in [-0.3, -0.25) is 24.3 Å². The van der Waals surface area contributed by atoms with Gasteiger partial charge in [0.05, 0.1) is 40.7 Å². The van der Waals surface area contributed by atoms with E-state index in [0.29, 0.717) is 70.7 Å². The van der Waals surface area contributed by atoms with Crippen LogP contribution in [0.2, 0.25) is 10.0 Å². The third-order valence-electron chi connectivity index (χ3n) is 7.06. The second kappa shape index (κ2) is 12.3. The highest BCUT2D eigenvalue weighted by Gasteiger charge is 2.29. The molecule has 1 saturated heterocycles. The molecular weight excluding hydrogens is 583 g/mol. The number of methoxy groups -OCH3 is 1. The molecule has 1 aliphatic rings. The van der Waals surface area contributed by atoms with Crippen LogP contribution in [0.3, 0.4) is 0 Å². The van der Waals surface area contributed by atoms with E-state index in [1.807, 2.05) is 4.90 Å². The molecule has 4 aromatic rings. The van der Waals surface area contributed by atoms with Crippen LogP contribution in [0.1, 0.15) is 22.5 Å². The topological polar surface area (TPSA) is 140 Å². The first-order valence-electron chi connectivity index (χ1n) is 12.9. The van der Waals surface area contributed by atoms with Crippen LogP contribution >= 0.6 is 23.2 Å². The lowest BCUT2D eigenvalue weighted by molar-refractivity contribution is -0.141. The van der Waals surface area contributed by atoms with Gasteiger partial charge in [-0.25, -0.2) is 9.67 Å². The number of benzene rings is 2. The number of aryl methyl sites for hydroxylation is 1. The number of anilines is 1. The van der Waals surface area contributed by atoms with Crippen LogP contribution in [0.15, 0.2) is 59.7 Å². The average Bonchev–Trinajstić information content (AvgIpc) is 3.45. The highest BCUT2D eigenvalue weighted by atomic mass is 35.5. The number of amides is 1. The monoisotopic (exact) mass is 608 g/mol. The van der Waals surface area contributed by atoms with Crippen LogP contribution in [-0.2, 0) is 18.4 Å². The Morgan fingerprint density at radius 2 is 1.81 bits per heavy atom. The van der Waals surface area contributed by atoms with E-state index in [1.165, 1.54) is 26.4 Å². The molecule has 1 fully saturated rings. The number of ether oxygens (including phenoxy) is 1. The van der Waals surface area contributed by atoms with Gasteiger partial charge in [-0.05, 0) is 25.1 Å². The standard InChI is InChI=1S/C29H26Cl2N6O5/c1-36-28(39)20(9-11-33-36)26(38)34-21-8-4-6-18(25(21)31)17-5-3-7-19(24(17)30)22-13-32-23(27(35-22)42-2)15-37-12-10-16(14-37)29(40)41/h3-9,11,13,16H,10,12,14-15H2,1-2H3,(H,34,38)(H,40,41). The molecule has 2 aromatic carbocycles. The van der Waals surface area contributed by atoms with E-state index in [2.05, 4.69) is 20.4 Å². The molecule has 1 amide bonds. The predicted molar refractivity (Wildman–Crippen MR) is 158 cm³/mol. The summed E-state index contributed by atoms with van der Waals surface area (Å²) < 4.78 is 6.60. The molecule has 3 heterocycles. The smallest absolute Gasteiger partial charge is 0.307 e. The van der Waals surface area contributed by atoms with Crippen LogP contribution in [-0.4, -0.2) is 61.8 Å². The maximum atomic E-state index is 12.8. The van der Waals surface area contributed by atoms with E-state index in [1.54, 1.807) is 42.6 Å². The quantitative estimate of drug-likeness (QED) is 0.298. The van der Waals surface area contributed by atoms with Crippen LogP contribution in [0, 0.1) is 5.92 Å². The van der Waals surface area contributed by atoms with Gasteiger partial charge in [0.1, 0.15) is 11.3 Å². The molecule has 0 spiro atoms. The second-order valence-electron chi connectivity index (χ2n) is 9.73. The fraction of sp³-hybridized carbons (Fsp3) is 0.241. The highest BCUT2D eigenvalue weighted by Crippen LogP contribution is 2.41. The van der Waals surface area contributed by atoms with Crippen molar-refractivity contribution >= 4 is 40.8 Å². The van der Waals surface area contributed by atoms with Crippen LogP contribution in [0.5, 0.6) is 5.88 Å². The Labute approximate surface area is 250 Å². The lowest BCUT2D eigenvalue weighted by Gasteiger charge is -2.17. The fourth-order valence-corrected chi connectivity index (χ4v) is 5.43. The third-order valence-corrected chi connectivity index (χ3v) is 7.88. The number of aliphatic carboxylic acids is 1. The van der Waals surface area contributed by atoms with Gasteiger partial charge < -0.3 is 15.2 Å². The first kappa shape index (κ1) is 29.2. The van der Waals surface area contributed by atoms with Crippen molar-refractivity contribution in [2.45, 2.75) is 13.0 Å². The summed E-state index contributed by atoms with van der Waals surface area (Å²) in [4.78, 5) is 47.7. The van der Waals surface area contributed by atoms with Crippen molar-refractivity contribution in [3.05, 3.63) is 86.5 Å². The summed E-state index contributed by atoms with van der Waals surface area (Å²) in [6.45, 7) is 1.50. The second-order valence-corrected chi connectivity index (χ2v) is 10.5. The van der Waals surface area contributed by atoms with Crippen molar-refractivity contribution in [3.8, 4) is 28.3 Å². The molecule has 13 heteroatoms. The summed E-state index contributed by atoms with van der Waals surface area (Å²) in [5.74, 6) is -1.50. The van der Waals surface area contributed by atoms with Gasteiger partial charge in [0.15, 0.2) is 0 Å². The third kappa shape index (κ3) is 5.85. The summed E-state index contributed by atoms with van der Waals surface area (Å²) >= 11 is 13.6. The van der Waals surface area contributed by atoms with Gasteiger partial charge >= 0.3 is 5.97 Å². The van der Waals surface area contributed by atoms with E-state index in [4.69, 9.17) is 27.9 Å². The molecule has 2 N–H and O–H groups in total. The van der Waals surface area contributed by atoms with Crippen LogP contribution < -0.4 is 15.6 Å². The predicted octanol–water partition coefficient (Wildman–Crippen LogP) is 4.38. The fourth-order valence-electron chi connectivity index (χ4n) is 4.83. The maximum absolute atomic E-state index is 12.8. The van der Waals surface area contributed by atoms with Crippen molar-refractivity contribution in [1.82, 2.24) is 24.6 Å². The largest absolute Gasteiger partial charge is 0.481 e. The lowest BCUT2D eigenvalue weighted by Crippen LogP contribution is -2.28. The molecule has 0 radical (unpaired) electrons. The number of carboxylic acid groups (broad SMARTS) is 1. The molecule has 42 heavy (non-hydrogen) atoms. The minimum absolute atomic E-state index is 0.0728. The molecule has 1 unspecified atom stereocenters. The molecule has 0 saturated carbocycles. The Balaban J connectivity index is 1.43. The zero-order chi connectivity index (χ0) is 30.0. The average molecular weight is 609 g/mol. The molecule has 0 bridgehead atoms. The number of hydrogen-bond donors (Lipinski definition) is 2. The normalized spacial score (nSPS) is 15.0. The van der Waals surface area contributed by atoms with Crippen molar-refractivity contribution in [3.63, 3.8) is 0 Å². The minimum Gasteiger partial charge on any atom is -0.481 e. The van der Waals surface area contributed by atoms with Crippen molar-refractivity contribution in [2.75, 3.05) is 25.5 Å². The number of rotatable bonds is 8. The van der Waals surface area contributed by atoms with E-state index >= 15 is 0 Å². The van der Waals surface area contributed by atoms with Crippen molar-refractivity contribution in [1.29, 1.82) is 0 Å². The zero-order valence-corrected chi connectivity index (χ0v) is 24.2. The number of aromatic nitrogens is 4. The Kier molecular flexibility index (Phi) is 8.53. The number of nitrogens with zero attached hydrogens (tertiary/aromatic N) is 5. The molecule has 1 atom stereocenters. The first-order valence-corrected chi connectivity index (χ1v) is 13.7. The van der Waals surface area contributed by atoms with Crippen LogP contribution in [0.25, 0.3) is 22.4 Å². The molecule has 0 aliphatic carbocycles. The maximum Gasteiger partial charge on any atom is 0.307 e. The Morgan fingerprint density at radius 3 is 2.52 bits per heavy atom. The lowest BCUT2D eigenvalue weighted by atomic mass is 10.0. The molecule has 2 aromatic heterocycles. The number of likely N-dealkylation sites (tertiary alicyclic amines) is 1. The van der Waals surface area contributed by atoms with E-state index in [-0.39, 0.29) is 10.6 Å². The number of halogens is 2. The summed E-state index contributed by atoms with van der Waals surface area (Å²) in [5, 5.41) is 16.4. The zero-order valence-electron chi connectivity index (χ0n) is 22.7. The van der Waals surface area contributed by atoms with Gasteiger partial charge in [0, 0.05) is 43.0 Å². The van der Waals surface area contributed by atoms with E-state index < -0.39 is 23.4 Å². The highest BCUT2D eigenvalue weighted by molar-refractivity contribution is 6.39. The summed E-state index contributed by atoms with van der Waals surface area (Å²) in [7, 11) is 2.96. The van der Waals surface area contributed by atoms with Gasteiger partial charge in [0.2, 0.25) is 5.88 Å². The Morgan fingerprint density at radius 1 is 1.10 bits per heavy atom. The SMILES string of the molecule is COc1nc(-c2cccc(-c3cccc(NC(=O)c4ccnn(C)c4=O)c3Cl)c2Cl)cnc1CN1CCC(C(=O)O)C1. The van der Waals surface area contributed by atoms with Gasteiger partial charge in [-0.2, -0.15) is 5.10 Å². The van der Waals surface area contributed by atoms with Crippen LogP contribution in [0.4, 0.5) is 5.69 Å². The summed E-state index contributed by atoms with van der Waals surface area (Å²) in [6.07, 6.45) is 3.55. The van der Waals surface area contributed by atoms with Crippen molar-refractivity contribution in [2.24, 2.45) is 13.0 Å². The molecule has 11 nitrogen and oxygen atoms in total. The molecule has 216 valence electrons. The summed E-state index contributed by atoms with van der Waals surface area (Å²) in [6, 6.07) is 11.8. The number of hydrogen-bond acceptors (Lipinski definition) is 8. The summed E-state index contributed by atoms with van der Waals surface area (Å²) in [5.41, 5.74) is 2.50. The molecular formula is C29H26Cl2N6O5. The van der Waals surface area contributed by atoms with Gasteiger partial charge in [-0.15, -0.1) is 0 Å². The minimum atomic E-state index is -0.798.